The van der Waals surface area contributed by atoms with Gasteiger partial charge in [-0.3, -0.25) is 18.6 Å². The van der Waals surface area contributed by atoms with Crippen LogP contribution in [0.4, 0.5) is 0 Å². The van der Waals surface area contributed by atoms with E-state index in [1.807, 2.05) is 85.0 Å². The smallest absolute Gasteiger partial charge is 0.263 e. The lowest BCUT2D eigenvalue weighted by Crippen LogP contribution is -2.22. The number of hydrogen-bond acceptors (Lipinski definition) is 5. The van der Waals surface area contributed by atoms with Crippen LogP contribution in [-0.2, 0) is 6.54 Å². The van der Waals surface area contributed by atoms with Crippen LogP contribution in [0.1, 0.15) is 32.3 Å². The van der Waals surface area contributed by atoms with Crippen molar-refractivity contribution >= 4 is 34.2 Å². The lowest BCUT2D eigenvalue weighted by Gasteiger charge is -2.16. The molecule has 35 heavy (non-hydrogen) atoms. The quantitative estimate of drug-likeness (QED) is 0.173. The minimum Gasteiger partial charge on any atom is -0.293 e. The summed E-state index contributed by atoms with van der Waals surface area (Å²) in [6.07, 6.45) is 1.66. The molecule has 0 radical (unpaired) electrons. The van der Waals surface area contributed by atoms with Gasteiger partial charge in [0.25, 0.3) is 5.56 Å². The average Bonchev–Trinajstić information content (AvgIpc) is 3.29. The number of ketones is 1. The van der Waals surface area contributed by atoms with Gasteiger partial charge in [-0.25, -0.2) is 0 Å². The maximum atomic E-state index is 13.7. The molecule has 0 fully saturated rings. The Morgan fingerprint density at radius 2 is 1.63 bits per heavy atom. The number of nitrogens with zero attached hydrogens (tertiary/aromatic N) is 4. The van der Waals surface area contributed by atoms with Gasteiger partial charge in [0.05, 0.1) is 10.9 Å². The number of carbonyl (C=O) groups is 1. The first-order valence-corrected chi connectivity index (χ1v) is 12.2. The third kappa shape index (κ3) is 4.19. The molecule has 0 N–H and O–H groups in total. The summed E-state index contributed by atoms with van der Waals surface area (Å²) < 4.78 is 3.41. The van der Waals surface area contributed by atoms with Gasteiger partial charge in [-0.1, -0.05) is 89.6 Å². The van der Waals surface area contributed by atoms with E-state index < -0.39 is 5.25 Å². The summed E-state index contributed by atoms with van der Waals surface area (Å²) in [7, 11) is 0. The number of allylic oxidation sites excluding steroid dienone is 1. The molecule has 0 aliphatic heterocycles. The van der Waals surface area contributed by atoms with E-state index in [0.717, 1.165) is 16.7 Å². The van der Waals surface area contributed by atoms with Gasteiger partial charge in [0.2, 0.25) is 5.78 Å². The summed E-state index contributed by atoms with van der Waals surface area (Å²) in [5.74, 6) is 0.404. The van der Waals surface area contributed by atoms with E-state index >= 15 is 0 Å². The minimum atomic E-state index is -0.538. The molecule has 6 nitrogen and oxygen atoms in total. The molecule has 1 unspecified atom stereocenters. The molecule has 0 spiro atoms. The number of aryl methyl sites for hydroxylation is 2. The number of aromatic nitrogens is 4. The highest BCUT2D eigenvalue weighted by atomic mass is 32.2. The molecular formula is C28H24N4O2S. The predicted octanol–water partition coefficient (Wildman–Crippen LogP) is 5.56. The standard InChI is InChI=1S/C28H24N4O2S/c1-4-17-31-26(34)22-7-5-6-8-23(22)32-27(31)29-30-28(32)35-25(21-15-11-19(3)12-16-21)24(33)20-13-9-18(2)10-14-20/h4-16,25H,1,17H2,2-3H3. The fourth-order valence-electron chi connectivity index (χ4n) is 4.09. The number of para-hydroxylation sites is 1. The Morgan fingerprint density at radius 3 is 2.31 bits per heavy atom. The van der Waals surface area contributed by atoms with Gasteiger partial charge in [0.1, 0.15) is 5.25 Å². The zero-order chi connectivity index (χ0) is 24.5. The Hall–Kier alpha value is -3.97. The normalized spacial score (nSPS) is 12.2. The van der Waals surface area contributed by atoms with Crippen LogP contribution in [0.15, 0.2) is 95.4 Å². The van der Waals surface area contributed by atoms with Gasteiger partial charge in [-0.05, 0) is 31.5 Å². The first kappa shape index (κ1) is 22.8. The molecule has 7 heteroatoms. The fourth-order valence-corrected chi connectivity index (χ4v) is 5.21. The molecular weight excluding hydrogens is 456 g/mol. The van der Waals surface area contributed by atoms with Crippen molar-refractivity contribution in [1.82, 2.24) is 19.2 Å². The number of fused-ring (bicyclic) bond motifs is 3. The van der Waals surface area contributed by atoms with Crippen LogP contribution in [0.25, 0.3) is 16.7 Å². The van der Waals surface area contributed by atoms with E-state index in [1.54, 1.807) is 16.7 Å². The summed E-state index contributed by atoms with van der Waals surface area (Å²) in [4.78, 5) is 26.9. The zero-order valence-corrected chi connectivity index (χ0v) is 20.3. The first-order valence-electron chi connectivity index (χ1n) is 11.3. The van der Waals surface area contributed by atoms with Gasteiger partial charge in [-0.2, -0.15) is 0 Å². The molecule has 0 saturated heterocycles. The fraction of sp³-hybridized carbons (Fsp3) is 0.143. The third-order valence-corrected chi connectivity index (χ3v) is 7.16. The van der Waals surface area contributed by atoms with Crippen LogP contribution in [0.3, 0.4) is 0 Å². The van der Waals surface area contributed by atoms with Crippen molar-refractivity contribution in [3.63, 3.8) is 0 Å². The molecule has 0 aliphatic carbocycles. The van der Waals surface area contributed by atoms with Gasteiger partial charge in [-0.15, -0.1) is 16.8 Å². The van der Waals surface area contributed by atoms with E-state index in [0.29, 0.717) is 33.9 Å². The van der Waals surface area contributed by atoms with Crippen LogP contribution in [0.2, 0.25) is 0 Å². The highest BCUT2D eigenvalue weighted by Gasteiger charge is 2.27. The molecule has 0 saturated carbocycles. The number of benzene rings is 3. The summed E-state index contributed by atoms with van der Waals surface area (Å²) in [6.45, 7) is 8.10. The van der Waals surface area contributed by atoms with Gasteiger partial charge in [0, 0.05) is 12.1 Å². The zero-order valence-electron chi connectivity index (χ0n) is 19.5. The monoisotopic (exact) mass is 480 g/mol. The van der Waals surface area contributed by atoms with Crippen molar-refractivity contribution in [2.75, 3.05) is 0 Å². The molecule has 5 aromatic rings. The van der Waals surface area contributed by atoms with Gasteiger partial charge in [0.15, 0.2) is 10.9 Å². The highest BCUT2D eigenvalue weighted by Crippen LogP contribution is 2.38. The van der Waals surface area contributed by atoms with Crippen molar-refractivity contribution in [2.24, 2.45) is 0 Å². The van der Waals surface area contributed by atoms with E-state index in [1.165, 1.54) is 11.8 Å². The Bertz CT molecular complexity index is 1620. The number of hydrogen-bond donors (Lipinski definition) is 0. The molecule has 2 heterocycles. The molecule has 0 bridgehead atoms. The van der Waals surface area contributed by atoms with Crippen LogP contribution in [0, 0.1) is 13.8 Å². The van der Waals surface area contributed by atoms with Crippen molar-refractivity contribution in [2.45, 2.75) is 30.8 Å². The summed E-state index contributed by atoms with van der Waals surface area (Å²) in [5.41, 5.74) is 4.28. The lowest BCUT2D eigenvalue weighted by molar-refractivity contribution is 0.0989. The van der Waals surface area contributed by atoms with E-state index in [9.17, 15) is 9.59 Å². The third-order valence-electron chi connectivity index (χ3n) is 5.97. The minimum absolute atomic E-state index is 0.0145. The molecule has 174 valence electrons. The van der Waals surface area contributed by atoms with Crippen LogP contribution in [0.5, 0.6) is 0 Å². The van der Waals surface area contributed by atoms with Crippen molar-refractivity contribution in [1.29, 1.82) is 0 Å². The number of thioether (sulfide) groups is 1. The summed E-state index contributed by atoms with van der Waals surface area (Å²) in [6, 6.07) is 22.9. The second kappa shape index (κ2) is 9.35. The number of carbonyl (C=O) groups excluding carboxylic acids is 1. The highest BCUT2D eigenvalue weighted by molar-refractivity contribution is 8.00. The van der Waals surface area contributed by atoms with Crippen molar-refractivity contribution < 1.29 is 4.79 Å². The maximum absolute atomic E-state index is 13.7. The van der Waals surface area contributed by atoms with Crippen LogP contribution in [-0.4, -0.2) is 24.9 Å². The lowest BCUT2D eigenvalue weighted by atomic mass is 10.0. The molecule has 0 amide bonds. The first-order chi connectivity index (χ1) is 17.0. The molecule has 3 aromatic carbocycles. The average molecular weight is 481 g/mol. The van der Waals surface area contributed by atoms with Crippen molar-refractivity contribution in [3.05, 3.63) is 118 Å². The molecule has 1 atom stereocenters. The molecule has 0 aliphatic rings. The SMILES string of the molecule is C=CCn1c(=O)c2ccccc2n2c(SC(C(=O)c3ccc(C)cc3)c3ccc(C)cc3)nnc12. The van der Waals surface area contributed by atoms with Gasteiger partial charge < -0.3 is 0 Å². The Labute approximate surface area is 206 Å². The predicted molar refractivity (Wildman–Crippen MR) is 140 cm³/mol. The van der Waals surface area contributed by atoms with Crippen molar-refractivity contribution in [3.8, 4) is 0 Å². The number of Topliss-reactive ketones (excluding diaryl/α,β-unsaturated/α-hetero) is 1. The summed E-state index contributed by atoms with van der Waals surface area (Å²) in [5, 5.41) is 9.34. The van der Waals surface area contributed by atoms with Crippen LogP contribution >= 0.6 is 11.8 Å². The van der Waals surface area contributed by atoms with E-state index in [-0.39, 0.29) is 11.3 Å². The van der Waals surface area contributed by atoms with E-state index in [4.69, 9.17) is 0 Å². The van der Waals surface area contributed by atoms with E-state index in [2.05, 4.69) is 16.8 Å². The van der Waals surface area contributed by atoms with Gasteiger partial charge >= 0.3 is 0 Å². The maximum Gasteiger partial charge on any atom is 0.263 e. The second-order valence-electron chi connectivity index (χ2n) is 8.48. The Kier molecular flexibility index (Phi) is 6.09. The second-order valence-corrected chi connectivity index (χ2v) is 9.55. The summed E-state index contributed by atoms with van der Waals surface area (Å²) >= 11 is 1.34. The van der Waals surface area contributed by atoms with Crippen LogP contribution < -0.4 is 5.56 Å². The largest absolute Gasteiger partial charge is 0.293 e. The molecule has 5 rings (SSSR count). The Morgan fingerprint density at radius 1 is 0.971 bits per heavy atom. The number of rotatable bonds is 7. The topological polar surface area (TPSA) is 69.3 Å². The molecule has 2 aromatic heterocycles. The Balaban J connectivity index is 1.69.